The highest BCUT2D eigenvalue weighted by Gasteiger charge is 2.32. The van der Waals surface area contributed by atoms with Gasteiger partial charge in [0.25, 0.3) is 0 Å². The summed E-state index contributed by atoms with van der Waals surface area (Å²) in [6.07, 6.45) is 46.1. The van der Waals surface area contributed by atoms with E-state index in [9.17, 15) is 17.3 Å². The van der Waals surface area contributed by atoms with Gasteiger partial charge < -0.3 is 93.3 Å². The molecule has 8 fully saturated rings. The summed E-state index contributed by atoms with van der Waals surface area (Å²) < 4.78 is 50.9. The monoisotopic (exact) mass is 1500 g/mol. The Morgan fingerprint density at radius 1 is 0.163 bits per heavy atom. The number of quaternary nitrogens is 8. The molecule has 0 aliphatic carbocycles. The zero-order chi connectivity index (χ0) is 79.6. The Bertz CT molecular complexity index is 1360. The molecule has 0 spiro atoms. The molecule has 104 heavy (non-hydrogen) atoms. The first-order chi connectivity index (χ1) is 49.6. The second-order valence-corrected chi connectivity index (χ2v) is 32.2. The van der Waals surface area contributed by atoms with Crippen molar-refractivity contribution in [3.05, 3.63) is 0 Å². The van der Waals surface area contributed by atoms with E-state index in [1.807, 2.05) is 0 Å². The molecule has 8 aliphatic heterocycles. The van der Waals surface area contributed by atoms with Crippen LogP contribution < -0.4 is 40.2 Å². The molecule has 0 atom stereocenters. The van der Waals surface area contributed by atoms with Crippen molar-refractivity contribution in [3.63, 3.8) is 0 Å². The average Bonchev–Trinajstić information content (AvgIpc) is 0.983. The number of halogens is 4. The summed E-state index contributed by atoms with van der Waals surface area (Å²) in [5.41, 5.74) is 0. The van der Waals surface area contributed by atoms with E-state index in [1.54, 1.807) is 0 Å². The number of nitrogens with zero attached hydrogens (tertiary/aromatic N) is 8. The van der Waals surface area contributed by atoms with E-state index in [0.717, 1.165) is 0 Å². The SMILES string of the molecule is CCC[N+]1(CC)CCCCC1.CCC[N+]1(CC)CCCCC1.CCC[N+]1(CC)CCCCC1.CCC[N+]1(CC)CCCCC1.CCC[N+]1(CC)CCCCC1.CCC[N+]1(CC)CCCCC1.CCC[N+]1(CC)CCCCC1.CCC[N+]1(CC)CCCCC1.[O-]B([O-])F.[O-]B([O-])F.[O-]B([O-])F.[O-]B([O-])F. The molecule has 8 aliphatic rings. The minimum Gasteiger partial charge on any atom is -0.867 e. The molecule has 0 aromatic heterocycles. The van der Waals surface area contributed by atoms with Gasteiger partial charge in [-0.1, -0.05) is 55.4 Å². The molecule has 8 saturated heterocycles. The molecule has 624 valence electrons. The van der Waals surface area contributed by atoms with Crippen molar-refractivity contribution < 1.29 is 93.3 Å². The van der Waals surface area contributed by atoms with Gasteiger partial charge in [0.1, 0.15) is 29.6 Å². The van der Waals surface area contributed by atoms with Crippen LogP contribution in [-0.2, 0) is 0 Å². The van der Waals surface area contributed by atoms with Crippen molar-refractivity contribution in [2.45, 2.75) is 316 Å². The summed E-state index contributed by atoms with van der Waals surface area (Å²) in [4.78, 5) is 0. The van der Waals surface area contributed by atoms with E-state index < -0.39 is 29.6 Å². The van der Waals surface area contributed by atoms with Crippen LogP contribution in [-0.4, -0.2) is 275 Å². The lowest BCUT2D eigenvalue weighted by atomic mass is 10.1. The van der Waals surface area contributed by atoms with Crippen molar-refractivity contribution in [2.75, 3.05) is 209 Å². The van der Waals surface area contributed by atoms with Gasteiger partial charge in [0.2, 0.25) is 0 Å². The maximum Gasteiger partial charge on any atom is 0.121 e. The Hall–Kier alpha value is -0.660. The first-order valence-corrected chi connectivity index (χ1v) is 44.2. The Morgan fingerprint density at radius 3 is 0.279 bits per heavy atom. The van der Waals surface area contributed by atoms with E-state index in [4.69, 9.17) is 40.2 Å². The molecule has 0 unspecified atom stereocenters. The Morgan fingerprint density at radius 2 is 0.231 bits per heavy atom. The van der Waals surface area contributed by atoms with Crippen molar-refractivity contribution >= 4 is 29.6 Å². The van der Waals surface area contributed by atoms with E-state index >= 15 is 0 Å². The quantitative estimate of drug-likeness (QED) is 0.0519. The van der Waals surface area contributed by atoms with Crippen LogP contribution in [0, 0.1) is 0 Å². The van der Waals surface area contributed by atoms with Crippen molar-refractivity contribution in [2.24, 2.45) is 0 Å². The van der Waals surface area contributed by atoms with Gasteiger partial charge in [-0.2, -0.15) is 0 Å². The van der Waals surface area contributed by atoms with Crippen LogP contribution in [0.2, 0.25) is 0 Å². The van der Waals surface area contributed by atoms with Crippen LogP contribution in [0.1, 0.15) is 316 Å². The summed E-state index contributed by atoms with van der Waals surface area (Å²) >= 11 is 0. The number of hydrogen-bond acceptors (Lipinski definition) is 8. The first kappa shape index (κ1) is 110. The fraction of sp³-hybridized carbons (Fsp3) is 1.00. The molecule has 16 nitrogen and oxygen atoms in total. The van der Waals surface area contributed by atoms with E-state index in [2.05, 4.69) is 111 Å². The predicted octanol–water partition coefficient (Wildman–Crippen LogP) is 9.98. The average molecular weight is 1500 g/mol. The number of hydrogen-bond donors (Lipinski definition) is 0. The molecular weight excluding hydrogens is 1320 g/mol. The molecule has 8 heterocycles. The molecule has 0 amide bonds. The van der Waals surface area contributed by atoms with Crippen molar-refractivity contribution in [1.29, 1.82) is 0 Å². The third kappa shape index (κ3) is 55.7. The standard InChI is InChI=1S/8C10H22N.4BFO2/c8*1-3-8-11(4-2)9-6-5-7-10-11;4*2-1(3)4/h8*3-10H2,1-2H3;;;;/q8*+1;4*-2. The van der Waals surface area contributed by atoms with Gasteiger partial charge >= 0.3 is 0 Å². The lowest BCUT2D eigenvalue weighted by molar-refractivity contribution is -0.930. The molecular formula is C80H176B4F4N8O8. The highest BCUT2D eigenvalue weighted by atomic mass is 19.1. The van der Waals surface area contributed by atoms with Crippen molar-refractivity contribution in [1.82, 2.24) is 0 Å². The molecule has 0 radical (unpaired) electrons. The van der Waals surface area contributed by atoms with Crippen LogP contribution in [0.5, 0.6) is 0 Å². The Balaban J connectivity index is -0.000000533. The van der Waals surface area contributed by atoms with Gasteiger partial charge in [-0.15, -0.1) is 0 Å². The summed E-state index contributed by atoms with van der Waals surface area (Å²) in [6, 6.07) is 0. The van der Waals surface area contributed by atoms with Crippen LogP contribution in [0.25, 0.3) is 0 Å². The second-order valence-electron chi connectivity index (χ2n) is 32.2. The lowest BCUT2D eigenvalue weighted by Crippen LogP contribution is -2.51. The largest absolute Gasteiger partial charge is 0.867 e. The van der Waals surface area contributed by atoms with Gasteiger partial charge in [-0.25, -0.2) is 0 Å². The first-order valence-electron chi connectivity index (χ1n) is 44.2. The summed E-state index contributed by atoms with van der Waals surface area (Å²) in [7, 11) is -12.7. The molecule has 8 rings (SSSR count). The molecule has 0 aromatic carbocycles. The van der Waals surface area contributed by atoms with E-state index in [1.165, 1.54) is 451 Å². The second kappa shape index (κ2) is 69.1. The molecule has 24 heteroatoms. The van der Waals surface area contributed by atoms with Crippen LogP contribution >= 0.6 is 0 Å². The highest BCUT2D eigenvalue weighted by Crippen LogP contribution is 2.25. The minimum atomic E-state index is -3.17. The molecule has 0 aromatic rings. The van der Waals surface area contributed by atoms with Crippen LogP contribution in [0.4, 0.5) is 17.3 Å². The Kier molecular flexibility index (Phi) is 72.9. The van der Waals surface area contributed by atoms with Gasteiger partial charge in [-0.05, 0) is 261 Å². The van der Waals surface area contributed by atoms with Gasteiger partial charge in [-0.3, -0.25) is 0 Å². The topological polar surface area (TPSA) is 184 Å². The summed E-state index contributed by atoms with van der Waals surface area (Å²) in [5, 5.41) is 66.4. The maximum atomic E-state index is 9.89. The fourth-order valence-corrected chi connectivity index (χ4v) is 18.8. The van der Waals surface area contributed by atoms with E-state index in [-0.39, 0.29) is 0 Å². The van der Waals surface area contributed by atoms with Crippen molar-refractivity contribution in [3.8, 4) is 0 Å². The zero-order valence-electron chi connectivity index (χ0n) is 71.9. The maximum absolute atomic E-state index is 9.89. The normalized spacial score (nSPS) is 20.9. The third-order valence-corrected chi connectivity index (χ3v) is 25.1. The smallest absolute Gasteiger partial charge is 0.121 e. The number of rotatable bonds is 24. The predicted molar refractivity (Wildman–Crippen MR) is 424 cm³/mol. The third-order valence-electron chi connectivity index (χ3n) is 25.1. The van der Waals surface area contributed by atoms with E-state index in [0.29, 0.717) is 0 Å². The highest BCUT2D eigenvalue weighted by molar-refractivity contribution is 6.27. The lowest BCUT2D eigenvalue weighted by Gasteiger charge is -2.40. The number of piperidine rings is 8. The van der Waals surface area contributed by atoms with Gasteiger partial charge in [0.05, 0.1) is 209 Å². The molecule has 0 saturated carbocycles. The Labute approximate surface area is 645 Å². The van der Waals surface area contributed by atoms with Crippen LogP contribution in [0.3, 0.4) is 0 Å². The summed E-state index contributed by atoms with van der Waals surface area (Å²) in [6.45, 7) is 82.6. The van der Waals surface area contributed by atoms with Gasteiger partial charge in [0, 0.05) is 0 Å². The molecule has 0 bridgehead atoms. The zero-order valence-corrected chi connectivity index (χ0v) is 71.9. The minimum absolute atomic E-state index is 1.36. The van der Waals surface area contributed by atoms with Crippen LogP contribution in [0.15, 0.2) is 0 Å². The number of likely N-dealkylation sites (tertiary alicyclic amines) is 8. The summed E-state index contributed by atoms with van der Waals surface area (Å²) in [5.74, 6) is 0. The fourth-order valence-electron chi connectivity index (χ4n) is 18.8. The van der Waals surface area contributed by atoms with Gasteiger partial charge in [0.15, 0.2) is 0 Å². The molecule has 0 N–H and O–H groups in total.